The molecule has 3 aromatic rings. The van der Waals surface area contributed by atoms with E-state index in [4.69, 9.17) is 9.98 Å². The Labute approximate surface area is 183 Å². The SMILES string of the molecule is CCC1=Nc2ccccc2N=C(NC(=O)CSc2ncccn2)[C@H]1c1ccc(F)cc1. The Bertz CT molecular complexity index is 1130. The Kier molecular flexibility index (Phi) is 6.47. The van der Waals surface area contributed by atoms with E-state index in [1.165, 1.54) is 23.9 Å². The van der Waals surface area contributed by atoms with Crippen LogP contribution in [0.2, 0.25) is 0 Å². The molecule has 1 aromatic heterocycles. The Morgan fingerprint density at radius 3 is 2.35 bits per heavy atom. The number of carbonyl (C=O) groups excluding carboxylic acids is 1. The molecule has 0 bridgehead atoms. The Morgan fingerprint density at radius 2 is 1.68 bits per heavy atom. The molecule has 0 saturated heterocycles. The van der Waals surface area contributed by atoms with E-state index in [2.05, 4.69) is 15.3 Å². The van der Waals surface area contributed by atoms with Crippen LogP contribution >= 0.6 is 11.8 Å². The maximum Gasteiger partial charge on any atom is 0.235 e. The molecule has 1 aliphatic rings. The van der Waals surface area contributed by atoms with Crippen molar-refractivity contribution in [2.75, 3.05) is 5.75 Å². The van der Waals surface area contributed by atoms with E-state index < -0.39 is 0 Å². The molecule has 0 unspecified atom stereocenters. The molecule has 8 heteroatoms. The van der Waals surface area contributed by atoms with Gasteiger partial charge < -0.3 is 5.32 Å². The lowest BCUT2D eigenvalue weighted by molar-refractivity contribution is -0.117. The van der Waals surface area contributed by atoms with Crippen molar-refractivity contribution in [3.63, 3.8) is 0 Å². The van der Waals surface area contributed by atoms with Gasteiger partial charge in [-0.3, -0.25) is 9.79 Å². The number of carbonyl (C=O) groups is 1. The highest BCUT2D eigenvalue weighted by atomic mass is 32.2. The molecule has 2 heterocycles. The van der Waals surface area contributed by atoms with Crippen LogP contribution in [0.5, 0.6) is 0 Å². The van der Waals surface area contributed by atoms with E-state index in [-0.39, 0.29) is 23.4 Å². The van der Waals surface area contributed by atoms with Crippen molar-refractivity contribution >= 4 is 40.6 Å². The molecule has 0 saturated carbocycles. The molecule has 1 N–H and O–H groups in total. The number of thioether (sulfide) groups is 1. The summed E-state index contributed by atoms with van der Waals surface area (Å²) in [6.07, 6.45) is 3.92. The van der Waals surface area contributed by atoms with Gasteiger partial charge in [-0.1, -0.05) is 43.0 Å². The third-order valence-electron chi connectivity index (χ3n) is 4.70. The summed E-state index contributed by atoms with van der Waals surface area (Å²) in [5, 5.41) is 3.48. The molecule has 31 heavy (non-hydrogen) atoms. The second-order valence-electron chi connectivity index (χ2n) is 6.80. The van der Waals surface area contributed by atoms with Crippen molar-refractivity contribution in [3.8, 4) is 0 Å². The predicted molar refractivity (Wildman–Crippen MR) is 121 cm³/mol. The zero-order valence-electron chi connectivity index (χ0n) is 16.8. The zero-order valence-corrected chi connectivity index (χ0v) is 17.6. The first-order valence-corrected chi connectivity index (χ1v) is 10.8. The molecule has 2 aromatic carbocycles. The third kappa shape index (κ3) is 5.03. The van der Waals surface area contributed by atoms with Crippen LogP contribution in [-0.4, -0.2) is 33.2 Å². The van der Waals surface area contributed by atoms with Gasteiger partial charge in [0.2, 0.25) is 5.91 Å². The maximum absolute atomic E-state index is 13.6. The Morgan fingerprint density at radius 1 is 1.00 bits per heavy atom. The van der Waals surface area contributed by atoms with Crippen LogP contribution < -0.4 is 5.32 Å². The number of nitrogens with zero attached hydrogens (tertiary/aromatic N) is 4. The number of rotatable bonds is 5. The molecule has 1 atom stereocenters. The quantitative estimate of drug-likeness (QED) is 0.461. The van der Waals surface area contributed by atoms with Gasteiger partial charge in [-0.15, -0.1) is 0 Å². The summed E-state index contributed by atoms with van der Waals surface area (Å²) in [5.41, 5.74) is 3.07. The van der Waals surface area contributed by atoms with Crippen molar-refractivity contribution in [2.24, 2.45) is 9.98 Å². The van der Waals surface area contributed by atoms with Gasteiger partial charge in [-0.05, 0) is 42.3 Å². The van der Waals surface area contributed by atoms with Crippen LogP contribution in [0.15, 0.2) is 82.1 Å². The summed E-state index contributed by atoms with van der Waals surface area (Å²) < 4.78 is 13.6. The fourth-order valence-corrected chi connectivity index (χ4v) is 3.89. The smallest absolute Gasteiger partial charge is 0.235 e. The average molecular weight is 434 g/mol. The lowest BCUT2D eigenvalue weighted by atomic mass is 9.91. The number of aliphatic imine (C=N–C) groups is 2. The minimum absolute atomic E-state index is 0.138. The van der Waals surface area contributed by atoms with Gasteiger partial charge >= 0.3 is 0 Å². The number of para-hydroxylation sites is 2. The van der Waals surface area contributed by atoms with Crippen LogP contribution in [0.1, 0.15) is 24.8 Å². The second kappa shape index (κ2) is 9.61. The number of amides is 1. The van der Waals surface area contributed by atoms with E-state index in [1.54, 1.807) is 30.6 Å². The first-order chi connectivity index (χ1) is 15.1. The summed E-state index contributed by atoms with van der Waals surface area (Å²) in [4.78, 5) is 30.6. The van der Waals surface area contributed by atoms with Gasteiger partial charge in [0.15, 0.2) is 5.16 Å². The number of hydrogen-bond donors (Lipinski definition) is 1. The van der Waals surface area contributed by atoms with E-state index in [0.717, 1.165) is 17.0 Å². The van der Waals surface area contributed by atoms with Crippen molar-refractivity contribution in [2.45, 2.75) is 24.4 Å². The first-order valence-electron chi connectivity index (χ1n) is 9.84. The average Bonchev–Trinajstić information content (AvgIpc) is 2.95. The topological polar surface area (TPSA) is 79.6 Å². The fraction of sp³-hybridized carbons (Fsp3) is 0.174. The zero-order chi connectivity index (χ0) is 21.6. The van der Waals surface area contributed by atoms with Crippen LogP contribution in [0, 0.1) is 5.82 Å². The molecule has 0 radical (unpaired) electrons. The molecular formula is C23H20FN5OS. The molecule has 1 amide bonds. The van der Waals surface area contributed by atoms with Crippen LogP contribution in [-0.2, 0) is 4.79 Å². The lowest BCUT2D eigenvalue weighted by Gasteiger charge is -2.20. The van der Waals surface area contributed by atoms with Gasteiger partial charge in [0.05, 0.1) is 23.0 Å². The molecule has 0 fully saturated rings. The van der Waals surface area contributed by atoms with Crippen molar-refractivity contribution in [1.29, 1.82) is 0 Å². The molecule has 0 spiro atoms. The minimum Gasteiger partial charge on any atom is -0.313 e. The summed E-state index contributed by atoms with van der Waals surface area (Å²) in [6.45, 7) is 2.01. The first kappa shape index (κ1) is 20.9. The highest BCUT2D eigenvalue weighted by molar-refractivity contribution is 7.99. The number of fused-ring (bicyclic) bond motifs is 1. The van der Waals surface area contributed by atoms with Crippen molar-refractivity contribution < 1.29 is 9.18 Å². The predicted octanol–water partition coefficient (Wildman–Crippen LogP) is 4.83. The molecular weight excluding hydrogens is 413 g/mol. The molecule has 156 valence electrons. The minimum atomic E-state index is -0.389. The number of halogens is 1. The highest BCUT2D eigenvalue weighted by Crippen LogP contribution is 2.35. The number of aromatic nitrogens is 2. The van der Waals surface area contributed by atoms with E-state index in [0.29, 0.717) is 23.1 Å². The molecule has 6 nitrogen and oxygen atoms in total. The van der Waals surface area contributed by atoms with Gasteiger partial charge in [0.1, 0.15) is 11.7 Å². The van der Waals surface area contributed by atoms with E-state index in [1.807, 2.05) is 31.2 Å². The van der Waals surface area contributed by atoms with Gasteiger partial charge in [-0.25, -0.2) is 19.4 Å². The van der Waals surface area contributed by atoms with E-state index >= 15 is 0 Å². The van der Waals surface area contributed by atoms with Gasteiger partial charge in [-0.2, -0.15) is 0 Å². The summed E-state index contributed by atoms with van der Waals surface area (Å²) >= 11 is 1.24. The van der Waals surface area contributed by atoms with E-state index in [9.17, 15) is 9.18 Å². The van der Waals surface area contributed by atoms with Crippen LogP contribution in [0.25, 0.3) is 0 Å². The lowest BCUT2D eigenvalue weighted by Crippen LogP contribution is -2.38. The van der Waals surface area contributed by atoms with Crippen LogP contribution in [0.3, 0.4) is 0 Å². The Hall–Kier alpha value is -3.39. The van der Waals surface area contributed by atoms with Crippen molar-refractivity contribution in [1.82, 2.24) is 15.3 Å². The van der Waals surface area contributed by atoms with Crippen molar-refractivity contribution in [3.05, 3.63) is 78.4 Å². The fourth-order valence-electron chi connectivity index (χ4n) is 3.28. The molecule has 1 aliphatic heterocycles. The highest BCUT2D eigenvalue weighted by Gasteiger charge is 2.28. The number of amidine groups is 1. The van der Waals surface area contributed by atoms with Gasteiger partial charge in [0, 0.05) is 18.1 Å². The molecule has 0 aliphatic carbocycles. The van der Waals surface area contributed by atoms with Gasteiger partial charge in [0.25, 0.3) is 0 Å². The second-order valence-corrected chi connectivity index (χ2v) is 7.74. The van der Waals surface area contributed by atoms with Crippen LogP contribution in [0.4, 0.5) is 15.8 Å². The maximum atomic E-state index is 13.6. The summed E-state index contributed by atoms with van der Waals surface area (Å²) in [7, 11) is 0. The monoisotopic (exact) mass is 433 g/mol. The normalized spacial score (nSPS) is 15.4. The third-order valence-corrected chi connectivity index (χ3v) is 5.58. The number of benzene rings is 2. The molecule has 4 rings (SSSR count). The number of hydrogen-bond acceptors (Lipinski definition) is 6. The standard InChI is InChI=1S/C23H20FN5OS/c1-2-17-21(15-8-10-16(24)11-9-15)22(28-19-7-4-3-6-18(19)27-17)29-20(30)14-31-23-25-12-5-13-26-23/h3-13,21H,2,14H2,1H3,(H,28,29,30)/t21-/m0/s1. The summed E-state index contributed by atoms with van der Waals surface area (Å²) in [5.74, 6) is -0.327. The Balaban J connectivity index is 1.67. The number of nitrogens with one attached hydrogen (secondary N) is 1. The summed E-state index contributed by atoms with van der Waals surface area (Å²) in [6, 6.07) is 15.5. The largest absolute Gasteiger partial charge is 0.313 e.